The molecule has 4 heteroatoms. The Balaban J connectivity index is 3.22. The molecule has 0 heterocycles. The molecule has 0 spiro atoms. The van der Waals surface area contributed by atoms with Crippen molar-refractivity contribution in [2.75, 3.05) is 7.11 Å². The van der Waals surface area contributed by atoms with Gasteiger partial charge in [-0.15, -0.1) is 0 Å². The van der Waals surface area contributed by atoms with E-state index in [0.717, 1.165) is 5.56 Å². The average Bonchev–Trinajstić information content (AvgIpc) is 2.21. The van der Waals surface area contributed by atoms with Crippen molar-refractivity contribution in [1.82, 2.24) is 0 Å². The molecule has 0 atom stereocenters. The van der Waals surface area contributed by atoms with Crippen LogP contribution >= 0.6 is 0 Å². The number of aryl methyl sites for hydroxylation is 1. The number of benzene rings is 1. The summed E-state index contributed by atoms with van der Waals surface area (Å²) in [5.74, 6) is -0.651. The standard InChI is InChI=1S/C10H10N2O2/c1-7-5-3-4-6-8(7)9(12-11)10(13)14-2/h3-6H,1-2H3. The van der Waals surface area contributed by atoms with E-state index in [1.807, 2.05) is 19.1 Å². The molecular weight excluding hydrogens is 180 g/mol. The van der Waals surface area contributed by atoms with Crippen LogP contribution in [0.3, 0.4) is 0 Å². The van der Waals surface area contributed by atoms with Crippen LogP contribution in [0, 0.1) is 6.92 Å². The molecule has 1 aromatic carbocycles. The van der Waals surface area contributed by atoms with Crippen LogP contribution in [-0.4, -0.2) is 23.6 Å². The van der Waals surface area contributed by atoms with Gasteiger partial charge in [0.15, 0.2) is 0 Å². The summed E-state index contributed by atoms with van der Waals surface area (Å²) in [7, 11) is 1.24. The topological polar surface area (TPSA) is 62.7 Å². The molecule has 72 valence electrons. The zero-order valence-corrected chi connectivity index (χ0v) is 8.02. The molecule has 0 aliphatic heterocycles. The first kappa shape index (κ1) is 10.2. The van der Waals surface area contributed by atoms with Gasteiger partial charge in [-0.05, 0) is 18.6 Å². The Morgan fingerprint density at radius 3 is 2.57 bits per heavy atom. The van der Waals surface area contributed by atoms with Gasteiger partial charge in [0.1, 0.15) is 0 Å². The van der Waals surface area contributed by atoms with Crippen molar-refractivity contribution in [3.05, 3.63) is 40.9 Å². The van der Waals surface area contributed by atoms with Crippen molar-refractivity contribution in [3.8, 4) is 0 Å². The van der Waals surface area contributed by atoms with Crippen LogP contribution in [0.4, 0.5) is 0 Å². The lowest BCUT2D eigenvalue weighted by atomic mass is 10.0. The second-order valence-electron chi connectivity index (χ2n) is 2.76. The number of hydrogen-bond donors (Lipinski definition) is 0. The van der Waals surface area contributed by atoms with E-state index in [2.05, 4.69) is 9.53 Å². The number of carbonyl (C=O) groups is 1. The Hall–Kier alpha value is -1.93. The fourth-order valence-corrected chi connectivity index (χ4v) is 1.14. The third-order valence-corrected chi connectivity index (χ3v) is 1.88. The SMILES string of the molecule is COC(=O)C(=[N+]=[N-])c1ccccc1C. The molecule has 0 saturated heterocycles. The monoisotopic (exact) mass is 190 g/mol. The molecular formula is C10H10N2O2. The fourth-order valence-electron chi connectivity index (χ4n) is 1.14. The largest absolute Gasteiger partial charge is 0.460 e. The minimum Gasteiger partial charge on any atom is -0.460 e. The lowest BCUT2D eigenvalue weighted by Gasteiger charge is -1.98. The predicted octanol–water partition coefficient (Wildman–Crippen LogP) is 1.19. The molecule has 4 nitrogen and oxygen atoms in total. The maximum absolute atomic E-state index is 11.2. The Morgan fingerprint density at radius 1 is 1.43 bits per heavy atom. The number of carbonyl (C=O) groups excluding carboxylic acids is 1. The van der Waals surface area contributed by atoms with E-state index >= 15 is 0 Å². The van der Waals surface area contributed by atoms with E-state index < -0.39 is 5.97 Å². The number of nitrogens with zero attached hydrogens (tertiary/aromatic N) is 2. The summed E-state index contributed by atoms with van der Waals surface area (Å²) in [6.45, 7) is 1.82. The highest BCUT2D eigenvalue weighted by Crippen LogP contribution is 2.07. The number of hydrogen-bond acceptors (Lipinski definition) is 2. The first-order chi connectivity index (χ1) is 6.70. The number of esters is 1. The third-order valence-electron chi connectivity index (χ3n) is 1.88. The van der Waals surface area contributed by atoms with Crippen molar-refractivity contribution < 1.29 is 14.3 Å². The van der Waals surface area contributed by atoms with Crippen LogP contribution in [0.1, 0.15) is 11.1 Å². The Kier molecular flexibility index (Phi) is 3.15. The second-order valence-corrected chi connectivity index (χ2v) is 2.76. The van der Waals surface area contributed by atoms with Gasteiger partial charge in [0.2, 0.25) is 0 Å². The molecule has 0 N–H and O–H groups in total. The van der Waals surface area contributed by atoms with Crippen LogP contribution < -0.4 is 0 Å². The van der Waals surface area contributed by atoms with Gasteiger partial charge in [0, 0.05) is 0 Å². The summed E-state index contributed by atoms with van der Waals surface area (Å²) >= 11 is 0. The van der Waals surface area contributed by atoms with E-state index in [-0.39, 0.29) is 5.71 Å². The van der Waals surface area contributed by atoms with Gasteiger partial charge in [-0.1, -0.05) is 18.2 Å². The van der Waals surface area contributed by atoms with Crippen molar-refractivity contribution in [2.45, 2.75) is 6.92 Å². The molecule has 0 saturated carbocycles. The quantitative estimate of drug-likeness (QED) is 0.304. The van der Waals surface area contributed by atoms with Crippen LogP contribution in [0.15, 0.2) is 24.3 Å². The summed E-state index contributed by atoms with van der Waals surface area (Å²) in [6, 6.07) is 7.12. The summed E-state index contributed by atoms with van der Waals surface area (Å²) in [5.41, 5.74) is 10.0. The molecule has 0 amide bonds. The van der Waals surface area contributed by atoms with Crippen LogP contribution in [0.25, 0.3) is 5.53 Å². The minimum atomic E-state index is -0.651. The van der Waals surface area contributed by atoms with Gasteiger partial charge in [0.05, 0.1) is 12.7 Å². The highest BCUT2D eigenvalue weighted by atomic mass is 16.5. The van der Waals surface area contributed by atoms with E-state index in [0.29, 0.717) is 5.56 Å². The molecule has 0 aliphatic carbocycles. The van der Waals surface area contributed by atoms with Gasteiger partial charge in [-0.3, -0.25) is 0 Å². The number of ether oxygens (including phenoxy) is 1. The summed E-state index contributed by atoms with van der Waals surface area (Å²) in [6.07, 6.45) is 0. The van der Waals surface area contributed by atoms with E-state index in [9.17, 15) is 4.79 Å². The Morgan fingerprint density at radius 2 is 2.07 bits per heavy atom. The van der Waals surface area contributed by atoms with Crippen molar-refractivity contribution in [3.63, 3.8) is 0 Å². The van der Waals surface area contributed by atoms with Crippen LogP contribution in [0.2, 0.25) is 0 Å². The number of rotatable bonds is 2. The summed E-state index contributed by atoms with van der Waals surface area (Å²) in [5, 5.41) is 0. The molecule has 14 heavy (non-hydrogen) atoms. The minimum absolute atomic E-state index is 0.0781. The van der Waals surface area contributed by atoms with Crippen LogP contribution in [0.5, 0.6) is 0 Å². The average molecular weight is 190 g/mol. The third kappa shape index (κ3) is 1.87. The molecule has 0 aromatic heterocycles. The molecule has 0 fully saturated rings. The summed E-state index contributed by atoms with van der Waals surface area (Å²) < 4.78 is 4.48. The second kappa shape index (κ2) is 4.35. The van der Waals surface area contributed by atoms with Gasteiger partial charge in [0.25, 0.3) is 0 Å². The molecule has 0 bridgehead atoms. The van der Waals surface area contributed by atoms with Crippen molar-refractivity contribution in [1.29, 1.82) is 0 Å². The molecule has 1 aromatic rings. The lowest BCUT2D eigenvalue weighted by molar-refractivity contribution is -0.137. The maximum atomic E-state index is 11.2. The van der Waals surface area contributed by atoms with E-state index in [4.69, 9.17) is 5.53 Å². The highest BCUT2D eigenvalue weighted by Gasteiger charge is 2.24. The van der Waals surface area contributed by atoms with E-state index in [1.165, 1.54) is 7.11 Å². The zero-order chi connectivity index (χ0) is 10.6. The first-order valence-electron chi connectivity index (χ1n) is 4.07. The molecule has 0 aliphatic rings. The van der Waals surface area contributed by atoms with Gasteiger partial charge in [-0.25, -0.2) is 4.79 Å². The molecule has 1 rings (SSSR count). The molecule has 0 radical (unpaired) electrons. The highest BCUT2D eigenvalue weighted by molar-refractivity contribution is 6.41. The normalized spacial score (nSPS) is 9.00. The summed E-state index contributed by atoms with van der Waals surface area (Å²) in [4.78, 5) is 14.1. The fraction of sp³-hybridized carbons (Fsp3) is 0.200. The van der Waals surface area contributed by atoms with E-state index in [1.54, 1.807) is 12.1 Å². The first-order valence-corrected chi connectivity index (χ1v) is 4.07. The predicted molar refractivity (Wildman–Crippen MR) is 50.9 cm³/mol. The van der Waals surface area contributed by atoms with Crippen LogP contribution in [-0.2, 0) is 9.53 Å². The number of methoxy groups -OCH3 is 1. The Labute approximate surface area is 81.7 Å². The zero-order valence-electron chi connectivity index (χ0n) is 8.02. The smallest absolute Gasteiger partial charge is 0.422 e. The van der Waals surface area contributed by atoms with Gasteiger partial charge >= 0.3 is 11.7 Å². The van der Waals surface area contributed by atoms with Crippen molar-refractivity contribution >= 4 is 11.7 Å². The van der Waals surface area contributed by atoms with Gasteiger partial charge in [-0.2, -0.15) is 4.79 Å². The molecule has 0 unspecified atom stereocenters. The van der Waals surface area contributed by atoms with Crippen molar-refractivity contribution in [2.24, 2.45) is 0 Å². The van der Waals surface area contributed by atoms with Gasteiger partial charge < -0.3 is 10.3 Å². The Bertz CT molecular complexity index is 406. The lowest BCUT2D eigenvalue weighted by Crippen LogP contribution is -2.19. The maximum Gasteiger partial charge on any atom is 0.422 e.